The van der Waals surface area contributed by atoms with Crippen molar-refractivity contribution in [1.82, 2.24) is 5.32 Å². The van der Waals surface area contributed by atoms with Crippen molar-refractivity contribution >= 4 is 34.3 Å². The van der Waals surface area contributed by atoms with Crippen LogP contribution >= 0.6 is 0 Å². The molecule has 3 N–H and O–H groups in total. The fourth-order valence-electron chi connectivity index (χ4n) is 3.65. The van der Waals surface area contributed by atoms with Gasteiger partial charge in [0.2, 0.25) is 0 Å². The standard InChI is InChI=1S/C27H30N4O5/c1-5-23(11-12-28)36-27(33)29-17(2)18-7-6-8-21(13-18)30-26(32)31-22-10-9-19-15-24(34-3)25(35-4)16-20(19)14-22/h6-10,13-17,23H,5,11H2,1-4H3,(H,29,33)(H2,30,31,32)/t17-,23?/m0/s1. The Morgan fingerprint density at radius 3 is 2.25 bits per heavy atom. The van der Waals surface area contributed by atoms with Crippen molar-refractivity contribution < 1.29 is 23.8 Å². The molecule has 36 heavy (non-hydrogen) atoms. The Kier molecular flexibility index (Phi) is 8.95. The van der Waals surface area contributed by atoms with E-state index in [2.05, 4.69) is 16.0 Å². The van der Waals surface area contributed by atoms with E-state index in [0.717, 1.165) is 16.3 Å². The zero-order valence-corrected chi connectivity index (χ0v) is 20.8. The first-order valence-electron chi connectivity index (χ1n) is 11.5. The van der Waals surface area contributed by atoms with E-state index in [1.165, 1.54) is 0 Å². The molecule has 9 nitrogen and oxygen atoms in total. The third-order valence-corrected chi connectivity index (χ3v) is 5.63. The maximum absolute atomic E-state index is 12.6. The van der Waals surface area contributed by atoms with Crippen molar-refractivity contribution in [2.75, 3.05) is 24.9 Å². The highest BCUT2D eigenvalue weighted by molar-refractivity contribution is 6.01. The van der Waals surface area contributed by atoms with Crippen LogP contribution in [0.3, 0.4) is 0 Å². The summed E-state index contributed by atoms with van der Waals surface area (Å²) in [6.07, 6.45) is -0.336. The van der Waals surface area contributed by atoms with E-state index in [1.54, 1.807) is 38.5 Å². The van der Waals surface area contributed by atoms with Gasteiger partial charge in [-0.1, -0.05) is 25.1 Å². The molecule has 0 aliphatic heterocycles. The van der Waals surface area contributed by atoms with Gasteiger partial charge in [-0.3, -0.25) is 0 Å². The molecule has 3 aromatic carbocycles. The molecule has 3 aromatic rings. The lowest BCUT2D eigenvalue weighted by Crippen LogP contribution is -2.31. The smallest absolute Gasteiger partial charge is 0.407 e. The van der Waals surface area contributed by atoms with Gasteiger partial charge in [0.1, 0.15) is 6.10 Å². The molecule has 188 valence electrons. The lowest BCUT2D eigenvalue weighted by molar-refractivity contribution is 0.0950. The highest BCUT2D eigenvalue weighted by Gasteiger charge is 2.16. The van der Waals surface area contributed by atoms with Crippen molar-refractivity contribution in [3.63, 3.8) is 0 Å². The predicted octanol–water partition coefficient (Wildman–Crippen LogP) is 5.98. The SMILES string of the molecule is CCC(CC#N)OC(=O)N[C@@H](C)c1cccc(NC(=O)Nc2ccc3cc(OC)c(OC)cc3c2)c1. The average Bonchev–Trinajstić information content (AvgIpc) is 2.87. The molecule has 0 fully saturated rings. The first kappa shape index (κ1) is 26.2. The number of nitrogens with zero attached hydrogens (tertiary/aromatic N) is 1. The Labute approximate surface area is 210 Å². The number of hydrogen-bond acceptors (Lipinski definition) is 6. The minimum atomic E-state index is -0.591. The first-order valence-corrected chi connectivity index (χ1v) is 11.5. The minimum Gasteiger partial charge on any atom is -0.493 e. The second kappa shape index (κ2) is 12.3. The van der Waals surface area contributed by atoms with Crippen LogP contribution < -0.4 is 25.4 Å². The third kappa shape index (κ3) is 6.79. The fraction of sp³-hybridized carbons (Fsp3) is 0.296. The normalized spacial score (nSPS) is 12.1. The van der Waals surface area contributed by atoms with Gasteiger partial charge in [-0.15, -0.1) is 0 Å². The molecule has 0 radical (unpaired) electrons. The summed E-state index contributed by atoms with van der Waals surface area (Å²) in [6.45, 7) is 3.66. The number of anilines is 2. The van der Waals surface area contributed by atoms with Crippen LogP contribution in [0.25, 0.3) is 10.8 Å². The number of rotatable bonds is 9. The van der Waals surface area contributed by atoms with Crippen LogP contribution in [0.2, 0.25) is 0 Å². The van der Waals surface area contributed by atoms with Gasteiger partial charge in [-0.25, -0.2) is 9.59 Å². The molecule has 1 unspecified atom stereocenters. The number of carbonyl (C=O) groups is 2. The molecular formula is C27H30N4O5. The van der Waals surface area contributed by atoms with Gasteiger partial charge in [0.15, 0.2) is 11.5 Å². The Hall–Kier alpha value is -4.45. The Morgan fingerprint density at radius 2 is 1.61 bits per heavy atom. The zero-order chi connectivity index (χ0) is 26.1. The van der Waals surface area contributed by atoms with Crippen molar-refractivity contribution in [1.29, 1.82) is 5.26 Å². The maximum atomic E-state index is 12.6. The van der Waals surface area contributed by atoms with Crippen LogP contribution in [-0.2, 0) is 4.74 Å². The molecule has 0 heterocycles. The summed E-state index contributed by atoms with van der Waals surface area (Å²) in [6, 6.07) is 17.7. The summed E-state index contributed by atoms with van der Waals surface area (Å²) in [7, 11) is 3.16. The summed E-state index contributed by atoms with van der Waals surface area (Å²) in [5.74, 6) is 1.23. The van der Waals surface area contributed by atoms with Crippen LogP contribution in [0.5, 0.6) is 11.5 Å². The third-order valence-electron chi connectivity index (χ3n) is 5.63. The predicted molar refractivity (Wildman–Crippen MR) is 138 cm³/mol. The van der Waals surface area contributed by atoms with Gasteiger partial charge < -0.3 is 30.2 Å². The van der Waals surface area contributed by atoms with Gasteiger partial charge in [0.05, 0.1) is 32.8 Å². The molecule has 0 bridgehead atoms. The van der Waals surface area contributed by atoms with Gasteiger partial charge in [-0.2, -0.15) is 5.26 Å². The van der Waals surface area contributed by atoms with Gasteiger partial charge in [0.25, 0.3) is 0 Å². The molecule has 9 heteroatoms. The zero-order valence-electron chi connectivity index (χ0n) is 20.8. The summed E-state index contributed by atoms with van der Waals surface area (Å²) >= 11 is 0. The highest BCUT2D eigenvalue weighted by Crippen LogP contribution is 2.33. The molecule has 0 aromatic heterocycles. The van der Waals surface area contributed by atoms with Crippen LogP contribution in [0.15, 0.2) is 54.6 Å². The van der Waals surface area contributed by atoms with E-state index in [9.17, 15) is 9.59 Å². The van der Waals surface area contributed by atoms with Gasteiger partial charge >= 0.3 is 12.1 Å². The Bertz CT molecular complexity index is 1270. The number of urea groups is 1. The van der Waals surface area contributed by atoms with Crippen molar-refractivity contribution in [3.8, 4) is 17.6 Å². The highest BCUT2D eigenvalue weighted by atomic mass is 16.6. The van der Waals surface area contributed by atoms with Gasteiger partial charge in [-0.05, 0) is 66.1 Å². The summed E-state index contributed by atoms with van der Waals surface area (Å²) < 4.78 is 16.0. The molecule has 0 aliphatic rings. The van der Waals surface area contributed by atoms with E-state index in [4.69, 9.17) is 19.5 Å². The Morgan fingerprint density at radius 1 is 0.944 bits per heavy atom. The van der Waals surface area contributed by atoms with E-state index in [1.807, 2.05) is 50.2 Å². The molecule has 0 saturated heterocycles. The van der Waals surface area contributed by atoms with Crippen LogP contribution in [-0.4, -0.2) is 32.4 Å². The average molecular weight is 491 g/mol. The number of carbonyl (C=O) groups excluding carboxylic acids is 2. The second-order valence-electron chi connectivity index (χ2n) is 8.14. The molecule has 3 rings (SSSR count). The molecule has 0 aliphatic carbocycles. The summed E-state index contributed by atoms with van der Waals surface area (Å²) in [5, 5.41) is 19.0. The second-order valence-corrected chi connectivity index (χ2v) is 8.14. The number of fused-ring (bicyclic) bond motifs is 1. The summed E-state index contributed by atoms with van der Waals surface area (Å²) in [4.78, 5) is 24.8. The minimum absolute atomic E-state index is 0.145. The number of ether oxygens (including phenoxy) is 3. The monoisotopic (exact) mass is 490 g/mol. The number of nitriles is 1. The number of methoxy groups -OCH3 is 2. The molecule has 0 saturated carbocycles. The molecule has 0 spiro atoms. The van der Waals surface area contributed by atoms with E-state index in [0.29, 0.717) is 29.3 Å². The number of benzene rings is 3. The quantitative estimate of drug-likeness (QED) is 0.339. The number of alkyl carbamates (subject to hydrolysis) is 1. The van der Waals surface area contributed by atoms with E-state index >= 15 is 0 Å². The van der Waals surface area contributed by atoms with Crippen LogP contribution in [0.1, 0.15) is 38.3 Å². The molecular weight excluding hydrogens is 460 g/mol. The first-order chi connectivity index (χ1) is 17.4. The fourth-order valence-corrected chi connectivity index (χ4v) is 3.65. The topological polar surface area (TPSA) is 122 Å². The number of nitrogens with one attached hydrogen (secondary N) is 3. The summed E-state index contributed by atoms with van der Waals surface area (Å²) in [5.41, 5.74) is 1.96. The van der Waals surface area contributed by atoms with Crippen molar-refractivity contribution in [3.05, 3.63) is 60.2 Å². The van der Waals surface area contributed by atoms with Crippen LogP contribution in [0.4, 0.5) is 21.0 Å². The van der Waals surface area contributed by atoms with Crippen molar-refractivity contribution in [2.24, 2.45) is 0 Å². The van der Waals surface area contributed by atoms with Crippen molar-refractivity contribution in [2.45, 2.75) is 38.8 Å². The van der Waals surface area contributed by atoms with Gasteiger partial charge in [0, 0.05) is 11.4 Å². The Balaban J connectivity index is 1.63. The number of amides is 3. The number of hydrogen-bond donors (Lipinski definition) is 3. The lowest BCUT2D eigenvalue weighted by atomic mass is 10.1. The lowest BCUT2D eigenvalue weighted by Gasteiger charge is -2.18. The molecule has 3 amide bonds. The van der Waals surface area contributed by atoms with E-state index < -0.39 is 18.2 Å². The maximum Gasteiger partial charge on any atom is 0.407 e. The molecule has 2 atom stereocenters. The van der Waals surface area contributed by atoms with Crippen LogP contribution in [0, 0.1) is 11.3 Å². The largest absolute Gasteiger partial charge is 0.493 e. The van der Waals surface area contributed by atoms with E-state index in [-0.39, 0.29) is 12.5 Å².